The minimum absolute atomic E-state index is 0. The summed E-state index contributed by atoms with van der Waals surface area (Å²) < 4.78 is 0. The molecule has 0 saturated carbocycles. The van der Waals surface area contributed by atoms with Crippen LogP contribution in [-0.2, 0) is 32.7 Å². The minimum atomic E-state index is 0. The molecule has 0 atom stereocenters. The second-order valence-electron chi connectivity index (χ2n) is 2.85. The van der Waals surface area contributed by atoms with Crippen LogP contribution >= 0.6 is 0 Å². The quantitative estimate of drug-likeness (QED) is 0.633. The molecular weight excluding hydrogens is 223 g/mol. The summed E-state index contributed by atoms with van der Waals surface area (Å²) in [6, 6.07) is 0. The van der Waals surface area contributed by atoms with E-state index in [1.165, 1.54) is 11.1 Å². The van der Waals surface area contributed by atoms with E-state index in [0.717, 1.165) is 12.0 Å². The molecule has 0 aliphatic carbocycles. The average Bonchev–Trinajstić information content (AvgIpc) is 1.96. The van der Waals surface area contributed by atoms with Crippen LogP contribution in [0.1, 0.15) is 20.3 Å². The van der Waals surface area contributed by atoms with Gasteiger partial charge in [-0.2, -0.15) is 0 Å². The van der Waals surface area contributed by atoms with Crippen molar-refractivity contribution >= 4 is 0 Å². The second kappa shape index (κ2) is 4.98. The van der Waals surface area contributed by atoms with Crippen LogP contribution in [0.3, 0.4) is 0 Å². The summed E-state index contributed by atoms with van der Waals surface area (Å²) in [6.07, 6.45) is 6.27. The molecule has 1 aliphatic rings. The molecule has 1 rings (SSSR count). The molecule has 1 heterocycles. The van der Waals surface area contributed by atoms with Gasteiger partial charge in [0.05, 0.1) is 0 Å². The summed E-state index contributed by atoms with van der Waals surface area (Å²) in [5.74, 6) is 0. The smallest absolute Gasteiger partial charge is 0 e. The molecule has 0 spiro atoms. The predicted molar refractivity (Wildman–Crippen MR) is 47.7 cm³/mol. The molecule has 0 aromatic rings. The fourth-order valence-electron chi connectivity index (χ4n) is 1.21. The summed E-state index contributed by atoms with van der Waals surface area (Å²) >= 11 is 0. The molecule has 2 heteroatoms. The van der Waals surface area contributed by atoms with Crippen molar-refractivity contribution in [1.82, 2.24) is 4.90 Å². The Morgan fingerprint density at radius 3 is 2.67 bits per heavy atom. The molecule has 1 nitrogen and oxygen atoms in total. The Morgan fingerprint density at radius 2 is 2.17 bits per heavy atom. The van der Waals surface area contributed by atoms with E-state index in [4.69, 9.17) is 0 Å². The Morgan fingerprint density at radius 1 is 1.58 bits per heavy atom. The molecule has 0 aromatic heterocycles. The first-order valence-electron chi connectivity index (χ1n) is 3.88. The van der Waals surface area contributed by atoms with Crippen LogP contribution in [0.15, 0.2) is 29.5 Å². The van der Waals surface area contributed by atoms with Crippen LogP contribution in [0.25, 0.3) is 0 Å². The molecule has 1 radical (unpaired) electrons. The van der Waals surface area contributed by atoms with Crippen molar-refractivity contribution in [3.63, 3.8) is 0 Å². The summed E-state index contributed by atoms with van der Waals surface area (Å²) in [5.41, 5.74) is 3.58. The molecule has 63 valence electrons. The van der Waals surface area contributed by atoms with E-state index in [1.807, 2.05) is 18.1 Å². The van der Waals surface area contributed by atoms with Crippen LogP contribution < -0.4 is 0 Å². The minimum Gasteiger partial charge on any atom is -0.463 e. The normalized spacial score (nSPS) is 16.6. The van der Waals surface area contributed by atoms with Gasteiger partial charge in [0.25, 0.3) is 0 Å². The van der Waals surface area contributed by atoms with Gasteiger partial charge in [0.2, 0.25) is 0 Å². The molecule has 0 aromatic carbocycles. The van der Waals surface area contributed by atoms with Gasteiger partial charge in [0, 0.05) is 32.7 Å². The Labute approximate surface area is 100 Å². The van der Waals surface area contributed by atoms with Crippen LogP contribution in [-0.4, -0.2) is 11.9 Å². The van der Waals surface area contributed by atoms with Crippen LogP contribution in [0.4, 0.5) is 0 Å². The van der Waals surface area contributed by atoms with Crippen molar-refractivity contribution in [2.45, 2.75) is 20.3 Å². The number of hydrogen-bond donors (Lipinski definition) is 0. The zero-order valence-electron chi connectivity index (χ0n) is 8.02. The number of rotatable bonds is 1. The van der Waals surface area contributed by atoms with E-state index in [9.17, 15) is 0 Å². The largest absolute Gasteiger partial charge is 0.463 e. The Kier molecular flexibility index (Phi) is 5.04. The predicted octanol–water partition coefficient (Wildman–Crippen LogP) is 2.49. The van der Waals surface area contributed by atoms with Gasteiger partial charge in [-0.05, 0) is 7.05 Å². The molecule has 12 heavy (non-hydrogen) atoms. The summed E-state index contributed by atoms with van der Waals surface area (Å²) in [7, 11) is 1.99. The maximum Gasteiger partial charge on any atom is 0 e. The van der Waals surface area contributed by atoms with Gasteiger partial charge >= 0.3 is 0 Å². The second-order valence-corrected chi connectivity index (χ2v) is 2.85. The SMILES string of the molecule is C=C1C(CC)=[C-]N(C)C=C1C.[Y]. The van der Waals surface area contributed by atoms with E-state index in [-0.39, 0.29) is 32.7 Å². The zero-order chi connectivity index (χ0) is 8.43. The van der Waals surface area contributed by atoms with Gasteiger partial charge in [-0.3, -0.25) is 0 Å². The molecule has 0 bridgehead atoms. The molecule has 1 aliphatic heterocycles. The van der Waals surface area contributed by atoms with E-state index < -0.39 is 0 Å². The van der Waals surface area contributed by atoms with Gasteiger partial charge in [0.1, 0.15) is 0 Å². The number of hydrogen-bond acceptors (Lipinski definition) is 1. The third-order valence-electron chi connectivity index (χ3n) is 1.89. The third kappa shape index (κ3) is 2.57. The zero-order valence-corrected chi connectivity index (χ0v) is 10.9. The molecule has 0 saturated heterocycles. The van der Waals surface area contributed by atoms with E-state index in [0.29, 0.717) is 0 Å². The molecule has 0 amide bonds. The van der Waals surface area contributed by atoms with E-state index in [1.54, 1.807) is 0 Å². The van der Waals surface area contributed by atoms with Crippen molar-refractivity contribution < 1.29 is 32.7 Å². The standard InChI is InChI=1S/C10H14N.Y/c1-5-10-7-11(4)6-8(2)9(10)3;/h6H,3,5H2,1-2,4H3;/q-1;. The Balaban J connectivity index is 0.00000121. The summed E-state index contributed by atoms with van der Waals surface area (Å²) in [5, 5.41) is 0. The van der Waals surface area contributed by atoms with Crippen LogP contribution in [0, 0.1) is 6.20 Å². The molecule has 0 fully saturated rings. The first kappa shape index (κ1) is 12.1. The van der Waals surface area contributed by atoms with Gasteiger partial charge in [-0.25, -0.2) is 0 Å². The Hall–Kier alpha value is 0.124. The fourth-order valence-corrected chi connectivity index (χ4v) is 1.21. The van der Waals surface area contributed by atoms with Crippen molar-refractivity contribution in [2.24, 2.45) is 0 Å². The van der Waals surface area contributed by atoms with Crippen molar-refractivity contribution in [1.29, 1.82) is 0 Å². The monoisotopic (exact) mass is 237 g/mol. The van der Waals surface area contributed by atoms with Gasteiger partial charge in [-0.1, -0.05) is 26.5 Å². The third-order valence-corrected chi connectivity index (χ3v) is 1.89. The van der Waals surface area contributed by atoms with Crippen LogP contribution in [0.2, 0.25) is 0 Å². The molecular formula is C10H14NY-. The average molecular weight is 237 g/mol. The van der Waals surface area contributed by atoms with Gasteiger partial charge in [-0.15, -0.1) is 29.5 Å². The first-order chi connectivity index (χ1) is 5.15. The van der Waals surface area contributed by atoms with Gasteiger partial charge in [0.15, 0.2) is 0 Å². The summed E-state index contributed by atoms with van der Waals surface area (Å²) in [4.78, 5) is 1.96. The van der Waals surface area contributed by atoms with Crippen LogP contribution in [0.5, 0.6) is 0 Å². The first-order valence-corrected chi connectivity index (χ1v) is 3.88. The Bertz CT molecular complexity index is 238. The fraction of sp³-hybridized carbons (Fsp3) is 0.400. The number of allylic oxidation sites excluding steroid dienone is 3. The molecule has 0 N–H and O–H groups in total. The summed E-state index contributed by atoms with van der Waals surface area (Å²) in [6.45, 7) is 8.19. The number of nitrogens with zero attached hydrogens (tertiary/aromatic N) is 1. The van der Waals surface area contributed by atoms with E-state index in [2.05, 4.69) is 26.6 Å². The van der Waals surface area contributed by atoms with Crippen molar-refractivity contribution in [3.8, 4) is 0 Å². The topological polar surface area (TPSA) is 3.24 Å². The maximum atomic E-state index is 3.99. The molecule has 0 unspecified atom stereocenters. The van der Waals surface area contributed by atoms with E-state index >= 15 is 0 Å². The van der Waals surface area contributed by atoms with Crippen molar-refractivity contribution in [2.75, 3.05) is 7.05 Å². The van der Waals surface area contributed by atoms with Gasteiger partial charge < -0.3 is 4.90 Å². The van der Waals surface area contributed by atoms with Crippen molar-refractivity contribution in [3.05, 3.63) is 35.7 Å². The maximum absolute atomic E-state index is 3.99.